The number of aromatic nitrogens is 3. The molecule has 0 amide bonds. The van der Waals surface area contributed by atoms with E-state index in [4.69, 9.17) is 27.3 Å². The van der Waals surface area contributed by atoms with Gasteiger partial charge in [0.2, 0.25) is 0 Å². The summed E-state index contributed by atoms with van der Waals surface area (Å²) in [5.41, 5.74) is 9.95. The van der Waals surface area contributed by atoms with Gasteiger partial charge in [0.05, 0.1) is 16.7 Å². The lowest BCUT2D eigenvalue weighted by molar-refractivity contribution is 0.499. The van der Waals surface area contributed by atoms with Crippen LogP contribution in [0.25, 0.3) is 16.7 Å². The molecule has 1 aromatic carbocycles. The van der Waals surface area contributed by atoms with Gasteiger partial charge in [-0.3, -0.25) is 4.40 Å². The molecule has 3 aromatic rings. The summed E-state index contributed by atoms with van der Waals surface area (Å²) in [5, 5.41) is 0.712. The van der Waals surface area contributed by atoms with Crippen LogP contribution in [0.2, 0.25) is 5.02 Å². The zero-order valence-electron chi connectivity index (χ0n) is 13.2. The third kappa shape index (κ3) is 2.54. The van der Waals surface area contributed by atoms with E-state index in [-0.39, 0.29) is 0 Å². The zero-order valence-corrected chi connectivity index (χ0v) is 13.9. The van der Waals surface area contributed by atoms with Crippen LogP contribution in [0.1, 0.15) is 25.5 Å². The van der Waals surface area contributed by atoms with Gasteiger partial charge in [-0.1, -0.05) is 18.5 Å². The monoisotopic (exact) mass is 329 g/mol. The first-order valence-corrected chi connectivity index (χ1v) is 8.51. The highest BCUT2D eigenvalue weighted by atomic mass is 35.5. The van der Waals surface area contributed by atoms with E-state index in [2.05, 4.69) is 22.4 Å². The Kier molecular flexibility index (Phi) is 3.62. The molecule has 1 aliphatic rings. The number of nitrogens with two attached hydrogens (primary N) is 1. The summed E-state index contributed by atoms with van der Waals surface area (Å²) in [6.07, 6.45) is 4.98. The standard InChI is InChI=1S/C17H20ClN5/c1-2-13-10-23-15-9-11(18)3-4-14(15)21-16(17(23)20-13)22-7-5-12(19)6-8-22/h3-4,9-10,12H,2,5-8,19H2,1H3. The minimum Gasteiger partial charge on any atom is -0.353 e. The number of hydrogen-bond acceptors (Lipinski definition) is 4. The third-order valence-electron chi connectivity index (χ3n) is 4.58. The minimum atomic E-state index is 0.299. The largest absolute Gasteiger partial charge is 0.353 e. The number of rotatable bonds is 2. The highest BCUT2D eigenvalue weighted by Crippen LogP contribution is 2.28. The fourth-order valence-corrected chi connectivity index (χ4v) is 3.38. The van der Waals surface area contributed by atoms with Crippen molar-refractivity contribution >= 4 is 34.1 Å². The fraction of sp³-hybridized carbons (Fsp3) is 0.412. The average Bonchev–Trinajstić information content (AvgIpc) is 3.00. The first-order valence-electron chi connectivity index (χ1n) is 8.13. The van der Waals surface area contributed by atoms with Gasteiger partial charge in [-0.25, -0.2) is 9.97 Å². The molecular weight excluding hydrogens is 310 g/mol. The molecule has 2 N–H and O–H groups in total. The number of hydrogen-bond donors (Lipinski definition) is 1. The van der Waals surface area contributed by atoms with E-state index in [1.807, 2.05) is 18.2 Å². The minimum absolute atomic E-state index is 0.299. The Morgan fingerprint density at radius 2 is 2.04 bits per heavy atom. The van der Waals surface area contributed by atoms with Crippen molar-refractivity contribution in [2.45, 2.75) is 32.2 Å². The number of anilines is 1. The molecule has 0 atom stereocenters. The number of piperidine rings is 1. The normalized spacial score (nSPS) is 16.6. The van der Waals surface area contributed by atoms with Crippen LogP contribution in [-0.4, -0.2) is 33.5 Å². The van der Waals surface area contributed by atoms with Crippen LogP contribution in [0.3, 0.4) is 0 Å². The summed E-state index contributed by atoms with van der Waals surface area (Å²) in [6.45, 7) is 3.97. The first kappa shape index (κ1) is 14.7. The summed E-state index contributed by atoms with van der Waals surface area (Å²) in [4.78, 5) is 12.0. The van der Waals surface area contributed by atoms with Gasteiger partial charge in [-0.15, -0.1) is 0 Å². The van der Waals surface area contributed by atoms with Gasteiger partial charge < -0.3 is 10.6 Å². The lowest BCUT2D eigenvalue weighted by Gasteiger charge is -2.31. The molecule has 1 fully saturated rings. The van der Waals surface area contributed by atoms with Crippen LogP contribution < -0.4 is 10.6 Å². The van der Waals surface area contributed by atoms with Gasteiger partial charge >= 0.3 is 0 Å². The summed E-state index contributed by atoms with van der Waals surface area (Å²) < 4.78 is 2.12. The van der Waals surface area contributed by atoms with Crippen molar-refractivity contribution in [3.05, 3.63) is 35.1 Å². The second-order valence-electron chi connectivity index (χ2n) is 6.17. The fourth-order valence-electron chi connectivity index (χ4n) is 3.21. The Hall–Kier alpha value is -1.85. The average molecular weight is 330 g/mol. The molecule has 1 saturated heterocycles. The van der Waals surface area contributed by atoms with Crippen LogP contribution in [0.5, 0.6) is 0 Å². The first-order chi connectivity index (χ1) is 11.2. The zero-order chi connectivity index (χ0) is 16.0. The summed E-state index contributed by atoms with van der Waals surface area (Å²) in [5.74, 6) is 0.950. The van der Waals surface area contributed by atoms with Crippen LogP contribution in [0.4, 0.5) is 5.82 Å². The SMILES string of the molecule is CCc1cn2c(n1)c(N1CCC(N)CC1)nc1ccc(Cl)cc12. The van der Waals surface area contributed by atoms with Crippen molar-refractivity contribution in [2.24, 2.45) is 5.73 Å². The molecule has 1 aliphatic heterocycles. The lowest BCUT2D eigenvalue weighted by atomic mass is 10.1. The molecule has 0 radical (unpaired) electrons. The summed E-state index contributed by atoms with van der Waals surface area (Å²) >= 11 is 6.18. The van der Waals surface area contributed by atoms with Gasteiger partial charge in [0.1, 0.15) is 0 Å². The Morgan fingerprint density at radius 3 is 2.78 bits per heavy atom. The van der Waals surface area contributed by atoms with Crippen molar-refractivity contribution < 1.29 is 0 Å². The highest BCUT2D eigenvalue weighted by molar-refractivity contribution is 6.31. The van der Waals surface area contributed by atoms with Crippen LogP contribution in [-0.2, 0) is 6.42 Å². The number of fused-ring (bicyclic) bond motifs is 3. The molecule has 5 nitrogen and oxygen atoms in total. The van der Waals surface area contributed by atoms with Crippen molar-refractivity contribution in [2.75, 3.05) is 18.0 Å². The van der Waals surface area contributed by atoms with E-state index >= 15 is 0 Å². The Bertz CT molecular complexity index is 864. The molecule has 0 saturated carbocycles. The van der Waals surface area contributed by atoms with E-state index < -0.39 is 0 Å². The van der Waals surface area contributed by atoms with Crippen LogP contribution >= 0.6 is 11.6 Å². The lowest BCUT2D eigenvalue weighted by Crippen LogP contribution is -2.40. The molecule has 3 heterocycles. The molecular formula is C17H20ClN5. The molecule has 0 unspecified atom stereocenters. The van der Waals surface area contributed by atoms with Gasteiger partial charge in [0.25, 0.3) is 0 Å². The second kappa shape index (κ2) is 5.65. The van der Waals surface area contributed by atoms with E-state index in [0.717, 1.165) is 60.5 Å². The Labute approximate surface area is 140 Å². The quantitative estimate of drug-likeness (QED) is 0.785. The van der Waals surface area contributed by atoms with Gasteiger partial charge in [0.15, 0.2) is 11.5 Å². The van der Waals surface area contributed by atoms with Gasteiger partial charge in [0, 0.05) is 30.4 Å². The number of halogens is 1. The summed E-state index contributed by atoms with van der Waals surface area (Å²) in [6, 6.07) is 6.11. The van der Waals surface area contributed by atoms with Crippen molar-refractivity contribution in [3.63, 3.8) is 0 Å². The molecule has 2 aromatic heterocycles. The topological polar surface area (TPSA) is 59.5 Å². The number of imidazole rings is 1. The molecule has 0 bridgehead atoms. The number of aryl methyl sites for hydroxylation is 1. The van der Waals surface area contributed by atoms with Crippen molar-refractivity contribution in [1.82, 2.24) is 14.4 Å². The van der Waals surface area contributed by atoms with E-state index in [0.29, 0.717) is 11.1 Å². The van der Waals surface area contributed by atoms with E-state index in [1.165, 1.54) is 0 Å². The molecule has 0 aliphatic carbocycles. The molecule has 120 valence electrons. The van der Waals surface area contributed by atoms with Crippen LogP contribution in [0.15, 0.2) is 24.4 Å². The maximum absolute atomic E-state index is 6.18. The van der Waals surface area contributed by atoms with E-state index in [1.54, 1.807) is 0 Å². The van der Waals surface area contributed by atoms with Gasteiger partial charge in [-0.2, -0.15) is 0 Å². The maximum Gasteiger partial charge on any atom is 0.181 e. The van der Waals surface area contributed by atoms with Crippen molar-refractivity contribution in [3.8, 4) is 0 Å². The Balaban J connectivity index is 1.94. The van der Waals surface area contributed by atoms with Gasteiger partial charge in [-0.05, 0) is 37.5 Å². The summed E-state index contributed by atoms with van der Waals surface area (Å²) in [7, 11) is 0. The smallest absolute Gasteiger partial charge is 0.181 e. The predicted molar refractivity (Wildman–Crippen MR) is 94.3 cm³/mol. The molecule has 0 spiro atoms. The maximum atomic E-state index is 6.18. The predicted octanol–water partition coefficient (Wildman–Crippen LogP) is 3.03. The molecule has 4 rings (SSSR count). The number of nitrogens with zero attached hydrogens (tertiary/aromatic N) is 4. The van der Waals surface area contributed by atoms with Crippen molar-refractivity contribution in [1.29, 1.82) is 0 Å². The highest BCUT2D eigenvalue weighted by Gasteiger charge is 2.22. The van der Waals surface area contributed by atoms with Crippen LogP contribution in [0, 0.1) is 0 Å². The molecule has 23 heavy (non-hydrogen) atoms. The van der Waals surface area contributed by atoms with E-state index in [9.17, 15) is 0 Å². The Morgan fingerprint density at radius 1 is 1.26 bits per heavy atom. The second-order valence-corrected chi connectivity index (χ2v) is 6.61. The number of benzene rings is 1. The third-order valence-corrected chi connectivity index (χ3v) is 4.82. The molecule has 6 heteroatoms.